The number of hydrogen-bond acceptors (Lipinski definition) is 8. The van der Waals surface area contributed by atoms with E-state index in [2.05, 4.69) is 54.6 Å². The Hall–Kier alpha value is -2.91. The van der Waals surface area contributed by atoms with Crippen LogP contribution in [-0.4, -0.2) is 89.2 Å². The first-order valence-electron chi connectivity index (χ1n) is 14.6. The number of morpholine rings is 1. The van der Waals surface area contributed by atoms with Gasteiger partial charge in [0.25, 0.3) is 0 Å². The summed E-state index contributed by atoms with van der Waals surface area (Å²) in [5.74, 6) is 1.61. The number of rotatable bonds is 5. The van der Waals surface area contributed by atoms with Gasteiger partial charge in [0.05, 0.1) is 13.2 Å². The summed E-state index contributed by atoms with van der Waals surface area (Å²) < 4.78 is 5.52. The maximum Gasteiger partial charge on any atom is 0.248 e. The second-order valence-corrected chi connectivity index (χ2v) is 11.7. The van der Waals surface area contributed by atoms with Crippen LogP contribution in [0.3, 0.4) is 0 Å². The molecule has 0 radical (unpaired) electrons. The molecule has 1 aromatic heterocycles. The molecule has 5 aliphatic rings. The first-order valence-corrected chi connectivity index (χ1v) is 14.6. The number of ether oxygens (including phenoxy) is 1. The largest absolute Gasteiger partial charge is 0.379 e. The fourth-order valence-corrected chi connectivity index (χ4v) is 7.26. The van der Waals surface area contributed by atoms with Crippen LogP contribution in [0.15, 0.2) is 30.5 Å². The van der Waals surface area contributed by atoms with E-state index in [4.69, 9.17) is 9.72 Å². The molecule has 4 aliphatic heterocycles. The lowest BCUT2D eigenvalue weighted by Gasteiger charge is -2.40. The molecule has 4 fully saturated rings. The zero-order valence-electron chi connectivity index (χ0n) is 22.2. The summed E-state index contributed by atoms with van der Waals surface area (Å²) >= 11 is 0. The number of hydrogen-bond donors (Lipinski definition) is 2. The van der Waals surface area contributed by atoms with E-state index in [9.17, 15) is 4.79 Å². The van der Waals surface area contributed by atoms with Crippen LogP contribution >= 0.6 is 0 Å². The second kappa shape index (κ2) is 10.0. The van der Waals surface area contributed by atoms with E-state index >= 15 is 0 Å². The summed E-state index contributed by atoms with van der Waals surface area (Å²) in [5.41, 5.74) is 2.73. The lowest BCUT2D eigenvalue weighted by Crippen LogP contribution is -2.49. The number of likely N-dealkylation sites (tertiary alicyclic amines) is 1. The molecule has 1 aliphatic carbocycles. The molecular weight excluding hydrogens is 478 g/mol. The minimum Gasteiger partial charge on any atom is -0.379 e. The van der Waals surface area contributed by atoms with Crippen molar-refractivity contribution in [3.8, 4) is 0 Å². The first kappa shape index (κ1) is 24.2. The normalized spacial score (nSPS) is 26.8. The molecule has 2 aromatic rings. The molecule has 38 heavy (non-hydrogen) atoms. The number of amides is 1. The zero-order valence-corrected chi connectivity index (χ0v) is 22.2. The molecule has 1 atom stereocenters. The van der Waals surface area contributed by atoms with E-state index in [-0.39, 0.29) is 5.91 Å². The van der Waals surface area contributed by atoms with E-state index < -0.39 is 5.54 Å². The summed E-state index contributed by atoms with van der Waals surface area (Å²) in [5, 5.41) is 6.88. The van der Waals surface area contributed by atoms with Gasteiger partial charge in [-0.05, 0) is 56.4 Å². The van der Waals surface area contributed by atoms with Crippen molar-refractivity contribution >= 4 is 29.0 Å². The third-order valence-corrected chi connectivity index (χ3v) is 9.44. The monoisotopic (exact) mass is 517 g/mol. The molecule has 9 heteroatoms. The minimum atomic E-state index is -0.533. The Morgan fingerprint density at radius 2 is 1.71 bits per heavy atom. The number of carbonyl (C=O) groups excluding carboxylic acids is 1. The predicted octanol–water partition coefficient (Wildman–Crippen LogP) is 3.40. The van der Waals surface area contributed by atoms with E-state index in [1.807, 2.05) is 6.20 Å². The van der Waals surface area contributed by atoms with Crippen LogP contribution in [0.4, 0.5) is 23.1 Å². The molecule has 1 unspecified atom stereocenters. The highest BCUT2D eigenvalue weighted by molar-refractivity contribution is 5.94. The Morgan fingerprint density at radius 3 is 2.47 bits per heavy atom. The number of piperidine rings is 1. The minimum absolute atomic E-state index is 0.251. The fraction of sp³-hybridized carbons (Fsp3) is 0.621. The van der Waals surface area contributed by atoms with Gasteiger partial charge in [0.2, 0.25) is 11.9 Å². The predicted molar refractivity (Wildman–Crippen MR) is 148 cm³/mol. The van der Waals surface area contributed by atoms with Crippen molar-refractivity contribution < 1.29 is 9.53 Å². The standard InChI is InChI=1S/C29H39N7O2/c37-27-29(11-14-36(27)25-3-1-2-4-25)19-21-20-30-28(32-26(21)33-29)31-22-5-7-23(8-6-22)34-12-9-24(10-13-34)35-15-17-38-18-16-35/h5-8,20,24-25H,1-4,9-19H2,(H2,30,31,32,33). The Bertz CT molecular complexity index is 1150. The second-order valence-electron chi connectivity index (χ2n) is 11.7. The summed E-state index contributed by atoms with van der Waals surface area (Å²) in [4.78, 5) is 30.0. The number of aromatic nitrogens is 2. The molecule has 1 aromatic carbocycles. The molecule has 9 nitrogen and oxygen atoms in total. The Labute approximate surface area is 224 Å². The van der Waals surface area contributed by atoms with Crippen molar-refractivity contribution in [3.63, 3.8) is 0 Å². The molecule has 0 bridgehead atoms. The highest BCUT2D eigenvalue weighted by Crippen LogP contribution is 2.41. The number of fused-ring (bicyclic) bond motifs is 1. The van der Waals surface area contributed by atoms with Gasteiger partial charge in [0.15, 0.2) is 0 Å². The zero-order chi connectivity index (χ0) is 25.5. The topological polar surface area (TPSA) is 85.9 Å². The van der Waals surface area contributed by atoms with Gasteiger partial charge in [-0.15, -0.1) is 0 Å². The van der Waals surface area contributed by atoms with E-state index in [1.54, 1.807) is 0 Å². The summed E-state index contributed by atoms with van der Waals surface area (Å²) in [6.07, 6.45) is 10.6. The van der Waals surface area contributed by atoms with Crippen molar-refractivity contribution in [1.82, 2.24) is 19.8 Å². The molecule has 2 N–H and O–H groups in total. The van der Waals surface area contributed by atoms with E-state index in [1.165, 1.54) is 31.4 Å². The molecule has 7 rings (SSSR count). The van der Waals surface area contributed by atoms with Gasteiger partial charge in [0.1, 0.15) is 11.4 Å². The number of carbonyl (C=O) groups is 1. The molecular formula is C29H39N7O2. The van der Waals surface area contributed by atoms with Gasteiger partial charge in [-0.3, -0.25) is 9.69 Å². The van der Waals surface area contributed by atoms with Crippen LogP contribution in [-0.2, 0) is 16.0 Å². The van der Waals surface area contributed by atoms with Gasteiger partial charge < -0.3 is 25.2 Å². The van der Waals surface area contributed by atoms with Crippen LogP contribution in [0.2, 0.25) is 0 Å². The molecule has 202 valence electrons. The highest BCUT2D eigenvalue weighted by Gasteiger charge is 2.52. The van der Waals surface area contributed by atoms with Gasteiger partial charge in [-0.25, -0.2) is 4.98 Å². The average molecular weight is 518 g/mol. The molecule has 3 saturated heterocycles. The Kier molecular flexibility index (Phi) is 6.36. The summed E-state index contributed by atoms with van der Waals surface area (Å²) in [6, 6.07) is 9.70. The van der Waals surface area contributed by atoms with Crippen molar-refractivity contribution in [2.75, 3.05) is 61.5 Å². The maximum atomic E-state index is 13.4. The summed E-state index contributed by atoms with van der Waals surface area (Å²) in [6.45, 7) is 6.91. The van der Waals surface area contributed by atoms with Crippen molar-refractivity contribution in [1.29, 1.82) is 0 Å². The average Bonchev–Trinajstić information content (AvgIpc) is 3.69. The number of benzene rings is 1. The number of nitrogens with one attached hydrogen (secondary N) is 2. The van der Waals surface area contributed by atoms with Gasteiger partial charge in [-0.1, -0.05) is 12.8 Å². The van der Waals surface area contributed by atoms with Crippen LogP contribution in [0, 0.1) is 0 Å². The molecule has 1 spiro atoms. The van der Waals surface area contributed by atoms with Crippen molar-refractivity contribution in [2.24, 2.45) is 0 Å². The SMILES string of the molecule is O=C1N(C2CCCC2)CCC12Cc1cnc(Nc3ccc(N4CCC(N5CCOCC5)CC4)cc3)nc1N2. The lowest BCUT2D eigenvalue weighted by molar-refractivity contribution is -0.133. The lowest BCUT2D eigenvalue weighted by atomic mass is 9.94. The number of nitrogens with zero attached hydrogens (tertiary/aromatic N) is 5. The van der Waals surface area contributed by atoms with Crippen molar-refractivity contribution in [3.05, 3.63) is 36.0 Å². The third-order valence-electron chi connectivity index (χ3n) is 9.44. The molecule has 1 amide bonds. The maximum absolute atomic E-state index is 13.4. The van der Waals surface area contributed by atoms with Gasteiger partial charge in [0, 0.05) is 74.4 Å². The van der Waals surface area contributed by atoms with Crippen LogP contribution < -0.4 is 15.5 Å². The van der Waals surface area contributed by atoms with Gasteiger partial charge >= 0.3 is 0 Å². The fourth-order valence-electron chi connectivity index (χ4n) is 7.26. The van der Waals surface area contributed by atoms with Crippen LogP contribution in [0.5, 0.6) is 0 Å². The summed E-state index contributed by atoms with van der Waals surface area (Å²) in [7, 11) is 0. The molecule has 1 saturated carbocycles. The Balaban J connectivity index is 0.962. The number of anilines is 4. The van der Waals surface area contributed by atoms with Crippen LogP contribution in [0.25, 0.3) is 0 Å². The first-order chi connectivity index (χ1) is 18.7. The van der Waals surface area contributed by atoms with Crippen molar-refractivity contribution in [2.45, 2.75) is 69.0 Å². The van der Waals surface area contributed by atoms with Gasteiger partial charge in [-0.2, -0.15) is 4.98 Å². The molecule has 5 heterocycles. The van der Waals surface area contributed by atoms with E-state index in [0.29, 0.717) is 24.5 Å². The smallest absolute Gasteiger partial charge is 0.248 e. The van der Waals surface area contributed by atoms with E-state index in [0.717, 1.165) is 82.3 Å². The quantitative estimate of drug-likeness (QED) is 0.624. The Morgan fingerprint density at radius 1 is 0.947 bits per heavy atom. The third kappa shape index (κ3) is 4.49. The highest BCUT2D eigenvalue weighted by atomic mass is 16.5. The van der Waals surface area contributed by atoms with Crippen LogP contribution in [0.1, 0.15) is 50.5 Å².